The van der Waals surface area contributed by atoms with Crippen LogP contribution >= 0.6 is 22.7 Å². The molecule has 0 bridgehead atoms. The lowest BCUT2D eigenvalue weighted by Gasteiger charge is -2.22. The number of hydrogen-bond donors (Lipinski definition) is 2. The molecule has 2 aromatic heterocycles. The number of thiophene rings is 1. The number of primary amides is 1. The average molecular weight is 362 g/mol. The van der Waals surface area contributed by atoms with E-state index < -0.39 is 5.91 Å². The summed E-state index contributed by atoms with van der Waals surface area (Å²) in [6, 6.07) is 4.50. The zero-order chi connectivity index (χ0) is 16.8. The first-order chi connectivity index (χ1) is 11.5. The highest BCUT2D eigenvalue weighted by molar-refractivity contribution is 7.23. The Balaban J connectivity index is 1.74. The Kier molecular flexibility index (Phi) is 3.75. The summed E-state index contributed by atoms with van der Waals surface area (Å²) < 4.78 is 14.1. The number of fused-ring (bicyclic) bond motifs is 2. The minimum Gasteiger partial charge on any atom is -0.365 e. The molecule has 124 valence electrons. The van der Waals surface area contributed by atoms with Gasteiger partial charge in [-0.25, -0.2) is 9.37 Å². The zero-order valence-electron chi connectivity index (χ0n) is 12.9. The van der Waals surface area contributed by atoms with Crippen molar-refractivity contribution in [3.8, 4) is 0 Å². The zero-order valence-corrected chi connectivity index (χ0v) is 14.6. The van der Waals surface area contributed by atoms with Gasteiger partial charge in [0.2, 0.25) is 0 Å². The molecule has 1 aliphatic rings. The van der Waals surface area contributed by atoms with E-state index in [4.69, 9.17) is 5.73 Å². The van der Waals surface area contributed by atoms with Crippen LogP contribution in [0.2, 0.25) is 0 Å². The number of anilines is 2. The number of aromatic nitrogens is 1. The van der Waals surface area contributed by atoms with Crippen LogP contribution in [0.4, 0.5) is 14.5 Å². The first kappa shape index (κ1) is 15.5. The molecule has 1 aromatic carbocycles. The van der Waals surface area contributed by atoms with Crippen LogP contribution < -0.4 is 11.1 Å². The molecule has 0 fully saturated rings. The van der Waals surface area contributed by atoms with Crippen molar-refractivity contribution in [2.45, 2.75) is 13.0 Å². The predicted octanol–water partition coefficient (Wildman–Crippen LogP) is 3.33. The Labute approximate surface area is 145 Å². The molecule has 3 heterocycles. The van der Waals surface area contributed by atoms with Crippen LogP contribution in [0.5, 0.6) is 0 Å². The maximum atomic E-state index is 13.3. The molecule has 3 N–H and O–H groups in total. The molecule has 8 heteroatoms. The molecule has 0 atom stereocenters. The topological polar surface area (TPSA) is 71.2 Å². The molecule has 0 aliphatic carbocycles. The third kappa shape index (κ3) is 2.66. The van der Waals surface area contributed by atoms with Crippen molar-refractivity contribution in [2.75, 3.05) is 18.9 Å². The van der Waals surface area contributed by atoms with E-state index in [0.29, 0.717) is 10.7 Å². The monoisotopic (exact) mass is 362 g/mol. The van der Waals surface area contributed by atoms with Crippen LogP contribution in [0.1, 0.15) is 20.8 Å². The van der Waals surface area contributed by atoms with Gasteiger partial charge >= 0.3 is 0 Å². The van der Waals surface area contributed by atoms with Gasteiger partial charge in [-0.1, -0.05) is 11.3 Å². The van der Waals surface area contributed by atoms with Gasteiger partial charge in [-0.15, -0.1) is 11.3 Å². The maximum Gasteiger partial charge on any atom is 0.251 e. The summed E-state index contributed by atoms with van der Waals surface area (Å²) in [6.45, 7) is 1.72. The predicted molar refractivity (Wildman–Crippen MR) is 95.7 cm³/mol. The fourth-order valence-corrected chi connectivity index (χ4v) is 5.22. The lowest BCUT2D eigenvalue weighted by atomic mass is 10.0. The molecule has 0 spiro atoms. The van der Waals surface area contributed by atoms with Gasteiger partial charge in [0.15, 0.2) is 5.13 Å². The number of benzene rings is 1. The molecule has 3 aromatic rings. The Morgan fingerprint density at radius 1 is 1.42 bits per heavy atom. The van der Waals surface area contributed by atoms with Crippen LogP contribution in [-0.4, -0.2) is 29.4 Å². The SMILES string of the molecule is CN1CCc2c(sc(Nc3nc4ccc(F)cc4s3)c2C(N)=O)C1. The summed E-state index contributed by atoms with van der Waals surface area (Å²) in [6.07, 6.45) is 0.813. The highest BCUT2D eigenvalue weighted by atomic mass is 32.1. The Bertz CT molecular complexity index is 949. The van der Waals surface area contributed by atoms with Crippen molar-refractivity contribution in [3.05, 3.63) is 40.0 Å². The molecule has 1 amide bonds. The number of rotatable bonds is 3. The molecule has 5 nitrogen and oxygen atoms in total. The molecule has 24 heavy (non-hydrogen) atoms. The normalized spacial score (nSPS) is 14.8. The minimum absolute atomic E-state index is 0.287. The Hall–Kier alpha value is -2.03. The van der Waals surface area contributed by atoms with Gasteiger partial charge in [-0.2, -0.15) is 0 Å². The van der Waals surface area contributed by atoms with E-state index in [2.05, 4.69) is 22.2 Å². The number of nitrogens with zero attached hydrogens (tertiary/aromatic N) is 2. The lowest BCUT2D eigenvalue weighted by Crippen LogP contribution is -2.27. The summed E-state index contributed by atoms with van der Waals surface area (Å²) in [7, 11) is 2.06. The smallest absolute Gasteiger partial charge is 0.251 e. The Morgan fingerprint density at radius 2 is 2.25 bits per heavy atom. The number of thiazole rings is 1. The van der Waals surface area contributed by atoms with Crippen molar-refractivity contribution in [1.29, 1.82) is 0 Å². The van der Waals surface area contributed by atoms with E-state index >= 15 is 0 Å². The van der Waals surface area contributed by atoms with Crippen molar-refractivity contribution in [2.24, 2.45) is 5.73 Å². The summed E-state index contributed by atoms with van der Waals surface area (Å²) in [5, 5.41) is 4.57. The Morgan fingerprint density at radius 3 is 3.04 bits per heavy atom. The number of halogens is 1. The summed E-state index contributed by atoms with van der Waals surface area (Å²) >= 11 is 2.90. The first-order valence-electron chi connectivity index (χ1n) is 7.47. The van der Waals surface area contributed by atoms with Crippen molar-refractivity contribution < 1.29 is 9.18 Å². The van der Waals surface area contributed by atoms with Gasteiger partial charge in [0.1, 0.15) is 10.8 Å². The number of amides is 1. The molecule has 0 saturated carbocycles. The molecular weight excluding hydrogens is 347 g/mol. The molecule has 4 rings (SSSR count). The second-order valence-electron chi connectivity index (χ2n) is 5.82. The largest absolute Gasteiger partial charge is 0.365 e. The summed E-state index contributed by atoms with van der Waals surface area (Å²) in [5.74, 6) is -0.711. The van der Waals surface area contributed by atoms with Crippen LogP contribution in [0, 0.1) is 5.82 Å². The highest BCUT2D eigenvalue weighted by Gasteiger charge is 2.26. The summed E-state index contributed by atoms with van der Waals surface area (Å²) in [5.41, 5.74) is 7.95. The lowest BCUT2D eigenvalue weighted by molar-refractivity contribution is 0.1000. The van der Waals surface area contributed by atoms with Gasteiger partial charge < -0.3 is 16.0 Å². The molecule has 0 radical (unpaired) electrons. The molecular formula is C16H15FN4OS2. The number of likely N-dealkylation sites (N-methyl/N-ethyl adjacent to an activating group) is 1. The first-order valence-corrected chi connectivity index (χ1v) is 9.10. The fraction of sp³-hybridized carbons (Fsp3) is 0.250. The second kappa shape index (κ2) is 5.80. The third-order valence-corrected chi connectivity index (χ3v) is 6.13. The van der Waals surface area contributed by atoms with Crippen molar-refractivity contribution in [1.82, 2.24) is 9.88 Å². The minimum atomic E-state index is -0.424. The second-order valence-corrected chi connectivity index (χ2v) is 7.95. The van der Waals surface area contributed by atoms with Crippen molar-refractivity contribution >= 4 is 48.9 Å². The number of nitrogens with one attached hydrogen (secondary N) is 1. The van der Waals surface area contributed by atoms with Crippen LogP contribution in [0.15, 0.2) is 18.2 Å². The number of nitrogens with two attached hydrogens (primary N) is 1. The summed E-state index contributed by atoms with van der Waals surface area (Å²) in [4.78, 5) is 19.8. The van der Waals surface area contributed by atoms with Gasteiger partial charge in [-0.05, 0) is 37.2 Å². The van der Waals surface area contributed by atoms with E-state index in [-0.39, 0.29) is 5.82 Å². The van der Waals surface area contributed by atoms with E-state index in [1.807, 2.05) is 0 Å². The van der Waals surface area contributed by atoms with E-state index in [1.54, 1.807) is 17.4 Å². The van der Waals surface area contributed by atoms with E-state index in [0.717, 1.165) is 45.2 Å². The fourth-order valence-electron chi connectivity index (χ4n) is 2.93. The van der Waals surface area contributed by atoms with E-state index in [9.17, 15) is 9.18 Å². The standard InChI is InChI=1S/C16H15FN4OS2/c1-21-5-4-9-12(7-21)23-15(13(9)14(18)22)20-16-19-10-3-2-8(17)6-11(10)24-16/h2-3,6H,4-5,7H2,1H3,(H2,18,22)(H,19,20). The number of carbonyl (C=O) groups excluding carboxylic acids is 1. The highest BCUT2D eigenvalue weighted by Crippen LogP contribution is 2.39. The third-order valence-electron chi connectivity index (χ3n) is 4.07. The van der Waals surface area contributed by atoms with Crippen LogP contribution in [-0.2, 0) is 13.0 Å². The quantitative estimate of drug-likeness (QED) is 0.750. The van der Waals surface area contributed by atoms with Gasteiger partial charge in [-0.3, -0.25) is 4.79 Å². The van der Waals surface area contributed by atoms with Gasteiger partial charge in [0.05, 0.1) is 15.8 Å². The van der Waals surface area contributed by atoms with E-state index in [1.165, 1.54) is 23.5 Å². The molecule has 0 unspecified atom stereocenters. The van der Waals surface area contributed by atoms with Crippen LogP contribution in [0.3, 0.4) is 0 Å². The van der Waals surface area contributed by atoms with Gasteiger partial charge in [0, 0.05) is 18.0 Å². The molecule has 0 saturated heterocycles. The average Bonchev–Trinajstić information content (AvgIpc) is 3.06. The van der Waals surface area contributed by atoms with Crippen molar-refractivity contribution in [3.63, 3.8) is 0 Å². The molecule has 1 aliphatic heterocycles. The van der Waals surface area contributed by atoms with Crippen LogP contribution in [0.25, 0.3) is 10.2 Å². The number of carbonyl (C=O) groups is 1. The maximum absolute atomic E-state index is 13.3. The van der Waals surface area contributed by atoms with Gasteiger partial charge in [0.25, 0.3) is 5.91 Å². The number of hydrogen-bond acceptors (Lipinski definition) is 6.